The van der Waals surface area contributed by atoms with Gasteiger partial charge in [-0.1, -0.05) is 23.8 Å². The number of hydrogen-bond acceptors (Lipinski definition) is 3. The number of nitrogens with zero attached hydrogens (tertiary/aromatic N) is 1. The maximum absolute atomic E-state index is 10.8. The van der Waals surface area contributed by atoms with Crippen LogP contribution in [0.15, 0.2) is 35.9 Å². The number of primary amides is 1. The van der Waals surface area contributed by atoms with E-state index in [-0.39, 0.29) is 5.57 Å². The summed E-state index contributed by atoms with van der Waals surface area (Å²) in [6, 6.07) is 6.85. The molecule has 0 aliphatic carbocycles. The molecule has 2 N–H and O–H groups in total. The number of benzene rings is 1. The van der Waals surface area contributed by atoms with Gasteiger partial charge < -0.3 is 10.5 Å². The lowest BCUT2D eigenvalue weighted by Crippen LogP contribution is -2.12. The van der Waals surface area contributed by atoms with Gasteiger partial charge >= 0.3 is 0 Å². The second kappa shape index (κ2) is 6.48. The maximum Gasteiger partial charge on any atom is 0.259 e. The molecule has 0 saturated heterocycles. The summed E-state index contributed by atoms with van der Waals surface area (Å²) in [5.41, 5.74) is 5.62. The van der Waals surface area contributed by atoms with Gasteiger partial charge in [0.2, 0.25) is 0 Å². The summed E-state index contributed by atoms with van der Waals surface area (Å²) in [4.78, 5) is 10.8. The van der Waals surface area contributed by atoms with E-state index >= 15 is 0 Å². The highest BCUT2D eigenvalue weighted by molar-refractivity contribution is 6.30. The Balaban J connectivity index is 3.01. The second-order valence-electron chi connectivity index (χ2n) is 3.30. The van der Waals surface area contributed by atoms with Crippen LogP contribution in [-0.4, -0.2) is 13.0 Å². The third kappa shape index (κ3) is 3.65. The minimum Gasteiger partial charge on any atom is -0.496 e. The summed E-state index contributed by atoms with van der Waals surface area (Å²) in [6.07, 6.45) is 4.55. The van der Waals surface area contributed by atoms with E-state index in [9.17, 15) is 4.79 Å². The lowest BCUT2D eigenvalue weighted by Gasteiger charge is -2.04. The quantitative estimate of drug-likeness (QED) is 0.514. The van der Waals surface area contributed by atoms with Crippen LogP contribution < -0.4 is 10.5 Å². The van der Waals surface area contributed by atoms with Gasteiger partial charge in [0, 0.05) is 10.6 Å². The summed E-state index contributed by atoms with van der Waals surface area (Å²) in [5.74, 6) is -0.123. The number of amides is 1. The number of halogens is 1. The zero-order chi connectivity index (χ0) is 13.5. The van der Waals surface area contributed by atoms with Crippen molar-refractivity contribution in [2.24, 2.45) is 5.73 Å². The van der Waals surface area contributed by atoms with Crippen molar-refractivity contribution < 1.29 is 9.53 Å². The summed E-state index contributed by atoms with van der Waals surface area (Å²) < 4.78 is 5.14. The molecular weight excluding hydrogens is 252 g/mol. The first kappa shape index (κ1) is 13.8. The molecule has 1 rings (SSSR count). The number of ether oxygens (including phenoxy) is 1. The lowest BCUT2D eigenvalue weighted by atomic mass is 10.1. The van der Waals surface area contributed by atoms with Crippen LogP contribution in [0, 0.1) is 11.3 Å². The molecule has 18 heavy (non-hydrogen) atoms. The fourth-order valence-electron chi connectivity index (χ4n) is 1.26. The van der Waals surface area contributed by atoms with Gasteiger partial charge in [-0.2, -0.15) is 5.26 Å². The molecule has 5 heteroatoms. The molecule has 0 radical (unpaired) electrons. The van der Waals surface area contributed by atoms with Gasteiger partial charge in [-0.25, -0.2) is 0 Å². The molecule has 0 atom stereocenters. The van der Waals surface area contributed by atoms with Crippen LogP contribution in [0.25, 0.3) is 6.08 Å². The Labute approximate surface area is 110 Å². The van der Waals surface area contributed by atoms with Crippen LogP contribution in [-0.2, 0) is 4.79 Å². The van der Waals surface area contributed by atoms with Gasteiger partial charge in [-0.3, -0.25) is 4.79 Å². The highest BCUT2D eigenvalue weighted by Gasteiger charge is 2.01. The van der Waals surface area contributed by atoms with E-state index in [1.807, 2.05) is 0 Å². The van der Waals surface area contributed by atoms with E-state index < -0.39 is 5.91 Å². The third-order valence-corrected chi connectivity index (χ3v) is 2.35. The van der Waals surface area contributed by atoms with Gasteiger partial charge in [0.25, 0.3) is 5.91 Å². The molecule has 0 aromatic heterocycles. The SMILES string of the molecule is COc1ccc(Cl)cc1C=CC=C(C#N)C(N)=O. The van der Waals surface area contributed by atoms with E-state index in [4.69, 9.17) is 27.3 Å². The predicted molar refractivity (Wildman–Crippen MR) is 69.9 cm³/mol. The second-order valence-corrected chi connectivity index (χ2v) is 3.74. The fourth-order valence-corrected chi connectivity index (χ4v) is 1.44. The van der Waals surface area contributed by atoms with Crippen molar-refractivity contribution in [2.75, 3.05) is 7.11 Å². The number of carbonyl (C=O) groups is 1. The highest BCUT2D eigenvalue weighted by Crippen LogP contribution is 2.23. The van der Waals surface area contributed by atoms with Crippen molar-refractivity contribution in [1.29, 1.82) is 5.26 Å². The normalized spacial score (nSPS) is 11.3. The van der Waals surface area contributed by atoms with E-state index in [1.165, 1.54) is 12.2 Å². The molecule has 0 fully saturated rings. The number of nitrogens with two attached hydrogens (primary N) is 1. The Morgan fingerprint density at radius 2 is 2.28 bits per heavy atom. The van der Waals surface area contributed by atoms with Crippen molar-refractivity contribution in [2.45, 2.75) is 0 Å². The minimum absolute atomic E-state index is 0.118. The van der Waals surface area contributed by atoms with Crippen LogP contribution in [0.3, 0.4) is 0 Å². The molecule has 1 amide bonds. The molecule has 0 saturated carbocycles. The van der Waals surface area contributed by atoms with Gasteiger partial charge in [-0.05, 0) is 24.3 Å². The summed E-state index contributed by atoms with van der Waals surface area (Å²) in [6.45, 7) is 0. The molecule has 0 aliphatic rings. The molecule has 1 aromatic carbocycles. The predicted octanol–water partition coefficient (Wildman–Crippen LogP) is 2.30. The Hall–Kier alpha value is -2.25. The van der Waals surface area contributed by atoms with Crippen molar-refractivity contribution in [3.05, 3.63) is 46.5 Å². The molecule has 0 heterocycles. The molecular formula is C13H11ClN2O2. The van der Waals surface area contributed by atoms with E-state index in [0.717, 1.165) is 5.56 Å². The fraction of sp³-hybridized carbons (Fsp3) is 0.0769. The minimum atomic E-state index is -0.764. The van der Waals surface area contributed by atoms with Crippen LogP contribution in [0.1, 0.15) is 5.56 Å². The largest absolute Gasteiger partial charge is 0.496 e. The third-order valence-electron chi connectivity index (χ3n) is 2.12. The van der Waals surface area contributed by atoms with E-state index in [1.54, 1.807) is 37.5 Å². The van der Waals surface area contributed by atoms with Gasteiger partial charge in [0.1, 0.15) is 17.4 Å². The first-order valence-electron chi connectivity index (χ1n) is 5.00. The monoisotopic (exact) mass is 262 g/mol. The molecule has 92 valence electrons. The van der Waals surface area contributed by atoms with E-state index in [2.05, 4.69) is 0 Å². The molecule has 4 nitrogen and oxygen atoms in total. The smallest absolute Gasteiger partial charge is 0.259 e. The topological polar surface area (TPSA) is 76.1 Å². The Bertz CT molecular complexity index is 557. The zero-order valence-electron chi connectivity index (χ0n) is 9.68. The molecule has 1 aromatic rings. The molecule has 0 unspecified atom stereocenters. The van der Waals surface area contributed by atoms with Crippen molar-refractivity contribution in [3.63, 3.8) is 0 Å². The van der Waals surface area contributed by atoms with Crippen LogP contribution in [0.2, 0.25) is 5.02 Å². The molecule has 0 spiro atoms. The van der Waals surface area contributed by atoms with Gasteiger partial charge in [0.15, 0.2) is 0 Å². The Morgan fingerprint density at radius 3 is 2.83 bits per heavy atom. The number of rotatable bonds is 4. The summed E-state index contributed by atoms with van der Waals surface area (Å²) in [5, 5.41) is 9.20. The molecule has 0 aliphatic heterocycles. The highest BCUT2D eigenvalue weighted by atomic mass is 35.5. The average Bonchev–Trinajstić information content (AvgIpc) is 2.34. The molecule has 0 bridgehead atoms. The van der Waals surface area contributed by atoms with Crippen molar-refractivity contribution in [1.82, 2.24) is 0 Å². The van der Waals surface area contributed by atoms with Crippen LogP contribution in [0.5, 0.6) is 5.75 Å². The lowest BCUT2D eigenvalue weighted by molar-refractivity contribution is -0.114. The first-order chi connectivity index (χ1) is 8.58. The first-order valence-corrected chi connectivity index (χ1v) is 5.38. The summed E-state index contributed by atoms with van der Waals surface area (Å²) in [7, 11) is 1.54. The maximum atomic E-state index is 10.8. The number of nitriles is 1. The number of methoxy groups -OCH3 is 1. The Morgan fingerprint density at radius 1 is 1.56 bits per heavy atom. The summed E-state index contributed by atoms with van der Waals surface area (Å²) >= 11 is 5.86. The van der Waals surface area contributed by atoms with Crippen molar-refractivity contribution in [3.8, 4) is 11.8 Å². The van der Waals surface area contributed by atoms with Crippen molar-refractivity contribution >= 4 is 23.6 Å². The van der Waals surface area contributed by atoms with E-state index in [0.29, 0.717) is 10.8 Å². The van der Waals surface area contributed by atoms with Crippen LogP contribution >= 0.6 is 11.6 Å². The number of allylic oxidation sites excluding steroid dienone is 2. The Kier molecular flexibility index (Phi) is 4.97. The van der Waals surface area contributed by atoms with Gasteiger partial charge in [-0.15, -0.1) is 0 Å². The van der Waals surface area contributed by atoms with Gasteiger partial charge in [0.05, 0.1) is 7.11 Å². The standard InChI is InChI=1S/C13H11ClN2O2/c1-18-12-6-5-11(14)7-9(12)3-2-4-10(8-15)13(16)17/h2-7H,1H3,(H2,16,17). The van der Waals surface area contributed by atoms with Crippen LogP contribution in [0.4, 0.5) is 0 Å². The zero-order valence-corrected chi connectivity index (χ0v) is 10.4. The number of carbonyl (C=O) groups excluding carboxylic acids is 1. The average molecular weight is 263 g/mol. The number of hydrogen-bond donors (Lipinski definition) is 1.